The molecule has 0 radical (unpaired) electrons. The highest BCUT2D eigenvalue weighted by Gasteiger charge is 2.13. The Labute approximate surface area is 73.3 Å². The third-order valence-electron chi connectivity index (χ3n) is 2.48. The van der Waals surface area contributed by atoms with Gasteiger partial charge >= 0.3 is 5.97 Å². The van der Waals surface area contributed by atoms with Crippen LogP contribution in [0, 0.1) is 5.92 Å². The maximum absolute atomic E-state index is 10.1. The van der Waals surface area contributed by atoms with E-state index in [-0.39, 0.29) is 0 Å². The lowest BCUT2D eigenvalue weighted by Crippen LogP contribution is -1.92. The van der Waals surface area contributed by atoms with Crippen LogP contribution in [-0.2, 0) is 4.79 Å². The predicted molar refractivity (Wildman–Crippen MR) is 48.0 cm³/mol. The first-order valence-corrected chi connectivity index (χ1v) is 4.68. The van der Waals surface area contributed by atoms with Crippen molar-refractivity contribution < 1.29 is 9.90 Å². The summed E-state index contributed by atoms with van der Waals surface area (Å²) in [5, 5.41) is 8.32. The van der Waals surface area contributed by atoms with Crippen LogP contribution in [0.15, 0.2) is 12.2 Å². The van der Waals surface area contributed by atoms with Gasteiger partial charge in [-0.25, -0.2) is 4.79 Å². The monoisotopic (exact) mass is 168 g/mol. The molecule has 0 aromatic carbocycles. The van der Waals surface area contributed by atoms with Gasteiger partial charge in [0.15, 0.2) is 0 Å². The molecule has 0 heterocycles. The second-order valence-corrected chi connectivity index (χ2v) is 3.47. The van der Waals surface area contributed by atoms with Crippen molar-refractivity contribution >= 4 is 5.97 Å². The number of rotatable bonds is 4. The molecule has 0 atom stereocenters. The molecule has 12 heavy (non-hydrogen) atoms. The Kier molecular flexibility index (Phi) is 3.85. The fourth-order valence-corrected chi connectivity index (χ4v) is 1.82. The van der Waals surface area contributed by atoms with Crippen LogP contribution in [0.25, 0.3) is 0 Å². The summed E-state index contributed by atoms with van der Waals surface area (Å²) in [6.07, 6.45) is 10.5. The van der Waals surface area contributed by atoms with Gasteiger partial charge in [-0.3, -0.25) is 0 Å². The zero-order valence-corrected chi connectivity index (χ0v) is 7.33. The topological polar surface area (TPSA) is 37.3 Å². The molecule has 68 valence electrons. The number of carboxylic acids is 1. The van der Waals surface area contributed by atoms with E-state index in [9.17, 15) is 4.79 Å². The van der Waals surface area contributed by atoms with E-state index < -0.39 is 5.97 Å². The highest BCUT2D eigenvalue weighted by Crippen LogP contribution is 2.28. The number of carboxylic acid groups (broad SMARTS) is 1. The van der Waals surface area contributed by atoms with Crippen LogP contribution in [-0.4, -0.2) is 11.1 Å². The number of aliphatic carboxylic acids is 1. The fourth-order valence-electron chi connectivity index (χ4n) is 1.82. The lowest BCUT2D eigenvalue weighted by atomic mass is 10.0. The molecule has 1 aliphatic rings. The van der Waals surface area contributed by atoms with Gasteiger partial charge < -0.3 is 5.11 Å². The van der Waals surface area contributed by atoms with E-state index in [1.165, 1.54) is 38.2 Å². The van der Waals surface area contributed by atoms with Crippen LogP contribution in [0.1, 0.15) is 38.5 Å². The third-order valence-corrected chi connectivity index (χ3v) is 2.48. The first-order valence-electron chi connectivity index (χ1n) is 4.68. The summed E-state index contributed by atoms with van der Waals surface area (Å²) in [4.78, 5) is 10.1. The van der Waals surface area contributed by atoms with Crippen molar-refractivity contribution in [2.75, 3.05) is 0 Å². The van der Waals surface area contributed by atoms with Crippen LogP contribution >= 0.6 is 0 Å². The van der Waals surface area contributed by atoms with Crippen molar-refractivity contribution in [3.05, 3.63) is 12.2 Å². The van der Waals surface area contributed by atoms with Gasteiger partial charge in [0.1, 0.15) is 0 Å². The molecule has 1 fully saturated rings. The van der Waals surface area contributed by atoms with Crippen LogP contribution in [0.2, 0.25) is 0 Å². The summed E-state index contributed by atoms with van der Waals surface area (Å²) in [6, 6.07) is 0. The standard InChI is InChI=1S/C10H16O2/c11-10(12)8-4-3-7-9-5-1-2-6-9/h4,8-9H,1-3,5-7H2,(H,11,12). The maximum atomic E-state index is 10.1. The smallest absolute Gasteiger partial charge is 0.327 e. The van der Waals surface area contributed by atoms with Crippen LogP contribution < -0.4 is 0 Å². The lowest BCUT2D eigenvalue weighted by molar-refractivity contribution is -0.131. The second kappa shape index (κ2) is 4.96. The molecule has 0 aliphatic heterocycles. The number of hydrogen-bond acceptors (Lipinski definition) is 1. The molecule has 1 aliphatic carbocycles. The van der Waals surface area contributed by atoms with Crippen molar-refractivity contribution in [3.8, 4) is 0 Å². The second-order valence-electron chi connectivity index (χ2n) is 3.47. The highest BCUT2D eigenvalue weighted by molar-refractivity contribution is 5.79. The molecule has 1 rings (SSSR count). The maximum Gasteiger partial charge on any atom is 0.327 e. The van der Waals surface area contributed by atoms with Crippen molar-refractivity contribution in [1.29, 1.82) is 0 Å². The van der Waals surface area contributed by atoms with Gasteiger partial charge in [0, 0.05) is 6.08 Å². The van der Waals surface area contributed by atoms with E-state index in [1.807, 2.05) is 0 Å². The largest absolute Gasteiger partial charge is 0.478 e. The predicted octanol–water partition coefficient (Wildman–Crippen LogP) is 2.60. The molecule has 0 spiro atoms. The van der Waals surface area contributed by atoms with Gasteiger partial charge in [0.25, 0.3) is 0 Å². The first-order chi connectivity index (χ1) is 5.79. The average molecular weight is 168 g/mol. The summed E-state index contributed by atoms with van der Waals surface area (Å²) in [7, 11) is 0. The molecule has 0 saturated heterocycles. The Morgan fingerprint density at radius 2 is 2.08 bits per heavy atom. The van der Waals surface area contributed by atoms with Gasteiger partial charge in [-0.2, -0.15) is 0 Å². The highest BCUT2D eigenvalue weighted by atomic mass is 16.4. The molecule has 0 aromatic heterocycles. The number of carbonyl (C=O) groups is 1. The van der Waals surface area contributed by atoms with Crippen molar-refractivity contribution in [1.82, 2.24) is 0 Å². The van der Waals surface area contributed by atoms with Crippen LogP contribution in [0.3, 0.4) is 0 Å². The Hall–Kier alpha value is -0.790. The van der Waals surface area contributed by atoms with Gasteiger partial charge in [-0.05, 0) is 18.8 Å². The molecule has 2 heteroatoms. The molecular formula is C10H16O2. The Morgan fingerprint density at radius 1 is 1.42 bits per heavy atom. The minimum absolute atomic E-state index is 0.832. The molecule has 2 nitrogen and oxygen atoms in total. The van der Waals surface area contributed by atoms with E-state index in [1.54, 1.807) is 6.08 Å². The van der Waals surface area contributed by atoms with E-state index in [0.29, 0.717) is 0 Å². The molecule has 0 unspecified atom stereocenters. The van der Waals surface area contributed by atoms with Gasteiger partial charge in [-0.1, -0.05) is 31.8 Å². The summed E-state index contributed by atoms with van der Waals surface area (Å²) in [5.41, 5.74) is 0. The zero-order valence-electron chi connectivity index (χ0n) is 7.33. The van der Waals surface area contributed by atoms with Gasteiger partial charge in [-0.15, -0.1) is 0 Å². The molecular weight excluding hydrogens is 152 g/mol. The molecule has 0 amide bonds. The van der Waals surface area contributed by atoms with Crippen molar-refractivity contribution in [2.45, 2.75) is 38.5 Å². The number of hydrogen-bond donors (Lipinski definition) is 1. The Balaban J connectivity index is 2.05. The fraction of sp³-hybridized carbons (Fsp3) is 0.700. The molecule has 0 bridgehead atoms. The lowest BCUT2D eigenvalue weighted by Gasteiger charge is -2.04. The Bertz CT molecular complexity index is 167. The van der Waals surface area contributed by atoms with E-state index in [0.717, 1.165) is 12.3 Å². The molecule has 0 aromatic rings. The minimum Gasteiger partial charge on any atom is -0.478 e. The van der Waals surface area contributed by atoms with E-state index >= 15 is 0 Å². The normalized spacial score (nSPS) is 19.0. The molecule has 1 N–H and O–H groups in total. The van der Waals surface area contributed by atoms with Gasteiger partial charge in [0.05, 0.1) is 0 Å². The van der Waals surface area contributed by atoms with Crippen LogP contribution in [0.5, 0.6) is 0 Å². The quantitative estimate of drug-likeness (QED) is 0.655. The molecule has 1 saturated carbocycles. The third kappa shape index (κ3) is 3.56. The summed E-state index contributed by atoms with van der Waals surface area (Å²) in [5.74, 6) is 0.0323. The Morgan fingerprint density at radius 3 is 2.67 bits per heavy atom. The summed E-state index contributed by atoms with van der Waals surface area (Å²) >= 11 is 0. The van der Waals surface area contributed by atoms with E-state index in [2.05, 4.69) is 0 Å². The first kappa shape index (κ1) is 9.30. The van der Waals surface area contributed by atoms with Crippen molar-refractivity contribution in [3.63, 3.8) is 0 Å². The minimum atomic E-state index is -0.832. The SMILES string of the molecule is O=C(O)C=CCCC1CCCC1. The van der Waals surface area contributed by atoms with E-state index in [4.69, 9.17) is 5.11 Å². The number of allylic oxidation sites excluding steroid dienone is 1. The van der Waals surface area contributed by atoms with Crippen molar-refractivity contribution in [2.24, 2.45) is 5.92 Å². The summed E-state index contributed by atoms with van der Waals surface area (Å²) < 4.78 is 0. The summed E-state index contributed by atoms with van der Waals surface area (Å²) in [6.45, 7) is 0. The van der Waals surface area contributed by atoms with Gasteiger partial charge in [0.2, 0.25) is 0 Å². The van der Waals surface area contributed by atoms with Crippen LogP contribution in [0.4, 0.5) is 0 Å². The average Bonchev–Trinajstić information content (AvgIpc) is 2.49. The zero-order chi connectivity index (χ0) is 8.81.